The van der Waals surface area contributed by atoms with Gasteiger partial charge in [0, 0.05) is 17.9 Å². The van der Waals surface area contributed by atoms with Gasteiger partial charge in [-0.15, -0.1) is 0 Å². The lowest BCUT2D eigenvalue weighted by Gasteiger charge is -2.65. The molecule has 2 heterocycles. The van der Waals surface area contributed by atoms with E-state index in [0.717, 1.165) is 38.5 Å². The topological polar surface area (TPSA) is 58.9 Å². The van der Waals surface area contributed by atoms with Crippen molar-refractivity contribution in [2.24, 2.45) is 22.7 Å². The maximum absolute atomic E-state index is 11.0. The molecule has 2 spiro atoms. The zero-order chi connectivity index (χ0) is 17.2. The molecule has 7 atom stereocenters. The van der Waals surface area contributed by atoms with E-state index in [1.54, 1.807) is 6.26 Å². The van der Waals surface area contributed by atoms with Crippen LogP contribution in [0.5, 0.6) is 0 Å². The molecule has 0 bridgehead atoms. The summed E-state index contributed by atoms with van der Waals surface area (Å²) in [6, 6.07) is 0. The van der Waals surface area contributed by atoms with Crippen LogP contribution in [0.15, 0.2) is 12.3 Å². The maximum Gasteiger partial charge on any atom is 0.124 e. The summed E-state index contributed by atoms with van der Waals surface area (Å²) < 4.78 is 12.4. The third-order valence-corrected chi connectivity index (χ3v) is 8.09. The Morgan fingerprint density at radius 1 is 1.17 bits per heavy atom. The molecule has 0 amide bonds. The van der Waals surface area contributed by atoms with Gasteiger partial charge in [0.2, 0.25) is 0 Å². The Labute approximate surface area is 145 Å². The van der Waals surface area contributed by atoms with E-state index in [1.165, 1.54) is 0 Å². The van der Waals surface area contributed by atoms with Crippen LogP contribution in [0.1, 0.15) is 59.3 Å². The molecule has 2 N–H and O–H groups in total. The Hall–Kier alpha value is -0.580. The summed E-state index contributed by atoms with van der Waals surface area (Å²) >= 11 is 0. The van der Waals surface area contributed by atoms with E-state index in [2.05, 4.69) is 26.8 Å². The standard InChI is InChI=1S/C20H32O4/c1-14-11-15(22)16-17(2,12-21)5-4-6-18(16,3)20(14)8-7-19(24-20)9-10-23-13-19/h9-10,14-16,21-22H,4-8,11-13H2,1-3H3/t14-,15-,16-,17-,18+,19+,20-/m1/s1. The van der Waals surface area contributed by atoms with Crippen LogP contribution in [0.25, 0.3) is 0 Å². The van der Waals surface area contributed by atoms with Crippen LogP contribution >= 0.6 is 0 Å². The third-order valence-electron chi connectivity index (χ3n) is 8.09. The molecular weight excluding hydrogens is 304 g/mol. The minimum Gasteiger partial charge on any atom is -0.498 e. The molecule has 1 saturated heterocycles. The molecule has 4 nitrogen and oxygen atoms in total. The lowest BCUT2D eigenvalue weighted by molar-refractivity contribution is -0.270. The molecule has 2 aliphatic heterocycles. The van der Waals surface area contributed by atoms with Crippen molar-refractivity contribution >= 4 is 0 Å². The molecule has 4 aliphatic rings. The molecule has 0 aromatic rings. The minimum absolute atomic E-state index is 0.0846. The van der Waals surface area contributed by atoms with Gasteiger partial charge < -0.3 is 19.7 Å². The second kappa shape index (κ2) is 5.21. The van der Waals surface area contributed by atoms with Crippen molar-refractivity contribution in [3.63, 3.8) is 0 Å². The van der Waals surface area contributed by atoms with Gasteiger partial charge in [0.25, 0.3) is 0 Å². The largest absolute Gasteiger partial charge is 0.498 e. The molecule has 4 rings (SSSR count). The highest BCUT2D eigenvalue weighted by Crippen LogP contribution is 2.67. The summed E-state index contributed by atoms with van der Waals surface area (Å²) in [5.74, 6) is 0.393. The monoisotopic (exact) mass is 336 g/mol. The van der Waals surface area contributed by atoms with Crippen molar-refractivity contribution in [1.29, 1.82) is 0 Å². The van der Waals surface area contributed by atoms with E-state index >= 15 is 0 Å². The Kier molecular flexibility index (Phi) is 3.66. The fourth-order valence-electron chi connectivity index (χ4n) is 6.97. The van der Waals surface area contributed by atoms with Crippen LogP contribution in [0, 0.1) is 22.7 Å². The van der Waals surface area contributed by atoms with Crippen LogP contribution in [-0.2, 0) is 9.47 Å². The molecule has 136 valence electrons. The molecule has 0 aromatic carbocycles. The first-order valence-electron chi connectivity index (χ1n) is 9.59. The number of aliphatic hydroxyl groups is 2. The number of rotatable bonds is 1. The van der Waals surface area contributed by atoms with Gasteiger partial charge in [-0.25, -0.2) is 0 Å². The smallest absolute Gasteiger partial charge is 0.124 e. The molecule has 2 saturated carbocycles. The molecule has 3 fully saturated rings. The van der Waals surface area contributed by atoms with Crippen LogP contribution < -0.4 is 0 Å². The molecule has 4 heteroatoms. The second-order valence-electron chi connectivity index (χ2n) is 9.44. The van der Waals surface area contributed by atoms with Gasteiger partial charge in [0.05, 0.1) is 18.0 Å². The van der Waals surface area contributed by atoms with Crippen LogP contribution in [-0.4, -0.2) is 40.7 Å². The average molecular weight is 336 g/mol. The fraction of sp³-hybridized carbons (Fsp3) is 0.900. The number of ether oxygens (including phenoxy) is 2. The van der Waals surface area contributed by atoms with E-state index in [-0.39, 0.29) is 40.7 Å². The van der Waals surface area contributed by atoms with Crippen molar-refractivity contribution in [1.82, 2.24) is 0 Å². The number of hydrogen-bond acceptors (Lipinski definition) is 4. The summed E-state index contributed by atoms with van der Waals surface area (Å²) in [5, 5.41) is 21.1. The first-order chi connectivity index (χ1) is 11.3. The van der Waals surface area contributed by atoms with Gasteiger partial charge in [-0.3, -0.25) is 0 Å². The second-order valence-corrected chi connectivity index (χ2v) is 9.44. The number of fused-ring (bicyclic) bond motifs is 2. The molecule has 0 radical (unpaired) electrons. The summed E-state index contributed by atoms with van der Waals surface area (Å²) in [5.41, 5.74) is -0.844. The lowest BCUT2D eigenvalue weighted by Crippen LogP contribution is -2.67. The first-order valence-corrected chi connectivity index (χ1v) is 9.59. The zero-order valence-electron chi connectivity index (χ0n) is 15.3. The van der Waals surface area contributed by atoms with Gasteiger partial charge in [0.15, 0.2) is 0 Å². The van der Waals surface area contributed by atoms with Gasteiger partial charge in [0.1, 0.15) is 12.2 Å². The quantitative estimate of drug-likeness (QED) is 0.773. The predicted molar refractivity (Wildman–Crippen MR) is 91.3 cm³/mol. The summed E-state index contributed by atoms with van der Waals surface area (Å²) in [7, 11) is 0. The highest BCUT2D eigenvalue weighted by molar-refractivity contribution is 5.21. The van der Waals surface area contributed by atoms with Crippen LogP contribution in [0.2, 0.25) is 0 Å². The molecule has 24 heavy (non-hydrogen) atoms. The highest BCUT2D eigenvalue weighted by Gasteiger charge is 2.69. The fourth-order valence-corrected chi connectivity index (χ4v) is 6.97. The third kappa shape index (κ3) is 1.96. The Bertz CT molecular complexity index is 548. The predicted octanol–water partition coefficient (Wildman–Crippen LogP) is 3.02. The van der Waals surface area contributed by atoms with Gasteiger partial charge in [-0.05, 0) is 49.5 Å². The van der Waals surface area contributed by atoms with E-state index in [4.69, 9.17) is 9.47 Å². The summed E-state index contributed by atoms with van der Waals surface area (Å²) in [6.07, 6.45) is 9.42. The van der Waals surface area contributed by atoms with Crippen molar-refractivity contribution in [3.05, 3.63) is 12.3 Å². The molecule has 0 aromatic heterocycles. The average Bonchev–Trinajstić information content (AvgIpc) is 3.15. The normalized spacial score (nSPS) is 56.6. The van der Waals surface area contributed by atoms with Crippen molar-refractivity contribution in [2.45, 2.75) is 76.6 Å². The maximum atomic E-state index is 11.0. The molecular formula is C20H32O4. The van der Waals surface area contributed by atoms with Crippen molar-refractivity contribution in [2.75, 3.05) is 13.2 Å². The van der Waals surface area contributed by atoms with Gasteiger partial charge in [-0.2, -0.15) is 0 Å². The molecule has 2 aliphatic carbocycles. The van der Waals surface area contributed by atoms with E-state index in [0.29, 0.717) is 12.5 Å². The lowest BCUT2D eigenvalue weighted by atomic mass is 9.43. The minimum atomic E-state index is -0.358. The zero-order valence-corrected chi connectivity index (χ0v) is 15.3. The van der Waals surface area contributed by atoms with E-state index in [9.17, 15) is 10.2 Å². The van der Waals surface area contributed by atoms with Crippen LogP contribution in [0.4, 0.5) is 0 Å². The summed E-state index contributed by atoms with van der Waals surface area (Å²) in [4.78, 5) is 0. The van der Waals surface area contributed by atoms with Gasteiger partial charge in [-0.1, -0.05) is 27.2 Å². The SMILES string of the molecule is C[C@@H]1C[C@@H](O)[C@@H]2[C@@](C)(CO)CCC[C@]2(C)[C@@]12CC[C@@]1(C=COC1)O2. The van der Waals surface area contributed by atoms with Gasteiger partial charge >= 0.3 is 0 Å². The highest BCUT2D eigenvalue weighted by atomic mass is 16.6. The number of aliphatic hydroxyl groups excluding tert-OH is 2. The van der Waals surface area contributed by atoms with Crippen molar-refractivity contribution in [3.8, 4) is 0 Å². The van der Waals surface area contributed by atoms with E-state index in [1.807, 2.05) is 0 Å². The number of hydrogen-bond donors (Lipinski definition) is 2. The Balaban J connectivity index is 1.78. The van der Waals surface area contributed by atoms with Crippen molar-refractivity contribution < 1.29 is 19.7 Å². The Morgan fingerprint density at radius 3 is 2.62 bits per heavy atom. The van der Waals surface area contributed by atoms with Crippen LogP contribution in [0.3, 0.4) is 0 Å². The first kappa shape index (κ1) is 16.9. The summed E-state index contributed by atoms with van der Waals surface area (Å²) in [6.45, 7) is 7.48. The molecule has 0 unspecified atom stereocenters. The van der Waals surface area contributed by atoms with E-state index < -0.39 is 0 Å². The Morgan fingerprint density at radius 2 is 1.96 bits per heavy atom.